The summed E-state index contributed by atoms with van der Waals surface area (Å²) in [7, 11) is 0. The van der Waals surface area contributed by atoms with E-state index in [4.69, 9.17) is 0 Å². The van der Waals surface area contributed by atoms with Crippen molar-refractivity contribution in [3.63, 3.8) is 0 Å². The topological polar surface area (TPSA) is 24.9 Å². The van der Waals surface area contributed by atoms with Gasteiger partial charge in [-0.25, -0.2) is 0 Å². The Kier molecular flexibility index (Phi) is 3.74. The van der Waals surface area contributed by atoms with Crippen molar-refractivity contribution in [1.82, 2.24) is 10.3 Å². The van der Waals surface area contributed by atoms with Crippen LogP contribution in [0.25, 0.3) is 5.70 Å². The van der Waals surface area contributed by atoms with Crippen LogP contribution in [0.5, 0.6) is 0 Å². The van der Waals surface area contributed by atoms with E-state index in [1.165, 1.54) is 5.56 Å². The lowest BCUT2D eigenvalue weighted by Gasteiger charge is -2.20. The van der Waals surface area contributed by atoms with Gasteiger partial charge in [-0.05, 0) is 30.9 Å². The van der Waals surface area contributed by atoms with Crippen LogP contribution in [0.4, 0.5) is 0 Å². The standard InChI is InChI=1S/C14H22N2/c1-10-7-8-13(16-11(10)2)12(3)15-9-14(4,5)6/h7-8,15H,3,9H2,1-2,4-6H3. The molecule has 2 nitrogen and oxygen atoms in total. The molecule has 0 spiro atoms. The number of hydrogen-bond donors (Lipinski definition) is 1. The quantitative estimate of drug-likeness (QED) is 0.842. The summed E-state index contributed by atoms with van der Waals surface area (Å²) in [6, 6.07) is 4.10. The Bertz CT molecular complexity index is 386. The molecule has 1 rings (SSSR count). The average molecular weight is 218 g/mol. The molecule has 0 saturated carbocycles. The van der Waals surface area contributed by atoms with Gasteiger partial charge in [0.25, 0.3) is 0 Å². The highest BCUT2D eigenvalue weighted by Crippen LogP contribution is 2.15. The maximum atomic E-state index is 4.51. The van der Waals surface area contributed by atoms with E-state index < -0.39 is 0 Å². The van der Waals surface area contributed by atoms with Crippen molar-refractivity contribution in [1.29, 1.82) is 0 Å². The molecule has 0 unspecified atom stereocenters. The zero-order valence-corrected chi connectivity index (χ0v) is 11.0. The number of nitrogens with one attached hydrogen (secondary N) is 1. The van der Waals surface area contributed by atoms with Gasteiger partial charge < -0.3 is 5.32 Å². The van der Waals surface area contributed by atoms with Gasteiger partial charge in [0.05, 0.1) is 11.4 Å². The SMILES string of the molecule is C=C(NCC(C)(C)C)c1ccc(C)c(C)n1. The van der Waals surface area contributed by atoms with Crippen molar-refractivity contribution in [2.75, 3.05) is 6.54 Å². The van der Waals surface area contributed by atoms with Crippen LogP contribution in [0.2, 0.25) is 0 Å². The van der Waals surface area contributed by atoms with Crippen molar-refractivity contribution >= 4 is 5.70 Å². The van der Waals surface area contributed by atoms with Crippen LogP contribution in [-0.2, 0) is 0 Å². The summed E-state index contributed by atoms with van der Waals surface area (Å²) >= 11 is 0. The smallest absolute Gasteiger partial charge is 0.0858 e. The molecular weight excluding hydrogens is 196 g/mol. The number of rotatable bonds is 3. The van der Waals surface area contributed by atoms with Crippen molar-refractivity contribution < 1.29 is 0 Å². The molecule has 1 aromatic heterocycles. The van der Waals surface area contributed by atoms with E-state index in [9.17, 15) is 0 Å². The number of pyridine rings is 1. The predicted molar refractivity (Wildman–Crippen MR) is 70.2 cm³/mol. The van der Waals surface area contributed by atoms with Gasteiger partial charge in [-0.3, -0.25) is 4.98 Å². The minimum Gasteiger partial charge on any atom is -0.383 e. The van der Waals surface area contributed by atoms with E-state index in [-0.39, 0.29) is 5.41 Å². The molecular formula is C14H22N2. The zero-order valence-electron chi connectivity index (χ0n) is 11.0. The molecule has 0 aliphatic rings. The molecule has 16 heavy (non-hydrogen) atoms. The van der Waals surface area contributed by atoms with Gasteiger partial charge >= 0.3 is 0 Å². The van der Waals surface area contributed by atoms with Crippen molar-refractivity contribution in [2.24, 2.45) is 5.41 Å². The van der Waals surface area contributed by atoms with E-state index in [2.05, 4.69) is 50.6 Å². The molecule has 88 valence electrons. The third kappa shape index (κ3) is 3.69. The first-order valence-electron chi connectivity index (χ1n) is 5.67. The van der Waals surface area contributed by atoms with Crippen LogP contribution in [0.15, 0.2) is 18.7 Å². The van der Waals surface area contributed by atoms with Gasteiger partial charge in [0, 0.05) is 12.2 Å². The summed E-state index contributed by atoms with van der Waals surface area (Å²) < 4.78 is 0. The van der Waals surface area contributed by atoms with Crippen molar-refractivity contribution in [2.45, 2.75) is 34.6 Å². The Balaban J connectivity index is 2.70. The Hall–Kier alpha value is -1.31. The molecule has 2 heteroatoms. The second-order valence-electron chi connectivity index (χ2n) is 5.49. The fraction of sp³-hybridized carbons (Fsp3) is 0.500. The van der Waals surface area contributed by atoms with Crippen LogP contribution >= 0.6 is 0 Å². The predicted octanol–water partition coefficient (Wildman–Crippen LogP) is 3.30. The van der Waals surface area contributed by atoms with Gasteiger partial charge in [-0.2, -0.15) is 0 Å². The largest absolute Gasteiger partial charge is 0.383 e. The zero-order chi connectivity index (χ0) is 12.3. The van der Waals surface area contributed by atoms with E-state index >= 15 is 0 Å². The van der Waals surface area contributed by atoms with E-state index in [0.717, 1.165) is 23.6 Å². The average Bonchev–Trinajstić information content (AvgIpc) is 2.17. The molecule has 0 radical (unpaired) electrons. The third-order valence-electron chi connectivity index (χ3n) is 2.49. The normalized spacial score (nSPS) is 11.3. The summed E-state index contributed by atoms with van der Waals surface area (Å²) in [5.74, 6) is 0. The van der Waals surface area contributed by atoms with E-state index in [0.29, 0.717) is 0 Å². The molecule has 0 saturated heterocycles. The summed E-state index contributed by atoms with van der Waals surface area (Å²) in [5.41, 5.74) is 4.37. The highest BCUT2D eigenvalue weighted by atomic mass is 14.9. The Morgan fingerprint density at radius 3 is 2.44 bits per heavy atom. The van der Waals surface area contributed by atoms with Crippen LogP contribution in [0.1, 0.15) is 37.7 Å². The molecule has 1 aromatic rings. The molecule has 0 bridgehead atoms. The maximum Gasteiger partial charge on any atom is 0.0858 e. The number of nitrogens with zero attached hydrogens (tertiary/aromatic N) is 1. The Morgan fingerprint density at radius 2 is 1.94 bits per heavy atom. The summed E-state index contributed by atoms with van der Waals surface area (Å²) in [6.07, 6.45) is 0. The Morgan fingerprint density at radius 1 is 1.31 bits per heavy atom. The number of hydrogen-bond acceptors (Lipinski definition) is 2. The van der Waals surface area contributed by atoms with Crippen LogP contribution < -0.4 is 5.32 Å². The first-order valence-corrected chi connectivity index (χ1v) is 5.67. The first-order chi connectivity index (χ1) is 7.29. The Labute approximate surface area is 98.8 Å². The summed E-state index contributed by atoms with van der Waals surface area (Å²) in [5, 5.41) is 3.33. The van der Waals surface area contributed by atoms with E-state index in [1.54, 1.807) is 0 Å². The van der Waals surface area contributed by atoms with Gasteiger partial charge in [-0.15, -0.1) is 0 Å². The monoisotopic (exact) mass is 218 g/mol. The molecule has 0 aliphatic heterocycles. The highest BCUT2D eigenvalue weighted by Gasteiger charge is 2.10. The number of aryl methyl sites for hydroxylation is 2. The molecule has 0 fully saturated rings. The molecule has 0 atom stereocenters. The first kappa shape index (κ1) is 12.8. The lowest BCUT2D eigenvalue weighted by Crippen LogP contribution is -2.25. The number of aromatic nitrogens is 1. The van der Waals surface area contributed by atoms with Crippen molar-refractivity contribution in [3.05, 3.63) is 35.7 Å². The second kappa shape index (κ2) is 4.69. The minimum absolute atomic E-state index is 0.253. The summed E-state index contributed by atoms with van der Waals surface area (Å²) in [6.45, 7) is 15.6. The minimum atomic E-state index is 0.253. The van der Waals surface area contributed by atoms with Gasteiger partial charge in [-0.1, -0.05) is 33.4 Å². The van der Waals surface area contributed by atoms with Gasteiger partial charge in [0.15, 0.2) is 0 Å². The fourth-order valence-corrected chi connectivity index (χ4v) is 1.26. The molecule has 0 aliphatic carbocycles. The van der Waals surface area contributed by atoms with Crippen molar-refractivity contribution in [3.8, 4) is 0 Å². The molecule has 0 aromatic carbocycles. The van der Waals surface area contributed by atoms with Gasteiger partial charge in [0.1, 0.15) is 0 Å². The summed E-state index contributed by atoms with van der Waals surface area (Å²) in [4.78, 5) is 4.51. The van der Waals surface area contributed by atoms with E-state index in [1.807, 2.05) is 13.0 Å². The lowest BCUT2D eigenvalue weighted by molar-refractivity contribution is 0.405. The molecule has 1 heterocycles. The van der Waals surface area contributed by atoms with Crippen LogP contribution in [0, 0.1) is 19.3 Å². The van der Waals surface area contributed by atoms with Crippen LogP contribution in [0.3, 0.4) is 0 Å². The molecule has 0 amide bonds. The fourth-order valence-electron chi connectivity index (χ4n) is 1.26. The molecule has 1 N–H and O–H groups in total. The van der Waals surface area contributed by atoms with Gasteiger partial charge in [0.2, 0.25) is 0 Å². The maximum absolute atomic E-state index is 4.51. The second-order valence-corrected chi connectivity index (χ2v) is 5.49. The highest BCUT2D eigenvalue weighted by molar-refractivity contribution is 5.58. The lowest BCUT2D eigenvalue weighted by atomic mass is 9.97. The third-order valence-corrected chi connectivity index (χ3v) is 2.49. The van der Waals surface area contributed by atoms with Crippen LogP contribution in [-0.4, -0.2) is 11.5 Å².